The first-order valence-electron chi connectivity index (χ1n) is 7.31. The molecule has 3 aromatic heterocycles. The van der Waals surface area contributed by atoms with E-state index in [-0.39, 0.29) is 6.10 Å². The lowest BCUT2D eigenvalue weighted by Gasteiger charge is -2.13. The lowest BCUT2D eigenvalue weighted by atomic mass is 10.2. The zero-order valence-electron chi connectivity index (χ0n) is 12.0. The first-order chi connectivity index (χ1) is 10.3. The van der Waals surface area contributed by atoms with Crippen LogP contribution in [-0.2, 0) is 11.3 Å². The van der Waals surface area contributed by atoms with E-state index in [1.165, 1.54) is 9.75 Å². The van der Waals surface area contributed by atoms with Gasteiger partial charge in [-0.3, -0.25) is 0 Å². The van der Waals surface area contributed by atoms with E-state index in [1.54, 1.807) is 11.3 Å². The number of imidazole rings is 1. The van der Waals surface area contributed by atoms with Crippen molar-refractivity contribution in [1.82, 2.24) is 14.5 Å². The van der Waals surface area contributed by atoms with Crippen molar-refractivity contribution < 1.29 is 4.74 Å². The van der Waals surface area contributed by atoms with Crippen LogP contribution in [-0.4, -0.2) is 27.2 Å². The molecule has 1 atom stereocenters. The highest BCUT2D eigenvalue weighted by atomic mass is 32.1. The molecule has 1 unspecified atom stereocenters. The van der Waals surface area contributed by atoms with Gasteiger partial charge in [-0.1, -0.05) is 0 Å². The molecular weight excluding hydrogens is 282 g/mol. The van der Waals surface area contributed by atoms with Gasteiger partial charge in [0.2, 0.25) is 0 Å². The third-order valence-electron chi connectivity index (χ3n) is 3.87. The third-order valence-corrected chi connectivity index (χ3v) is 4.87. The number of aromatic nitrogens is 3. The van der Waals surface area contributed by atoms with Crippen molar-refractivity contribution in [3.8, 4) is 10.7 Å². The number of fused-ring (bicyclic) bond motifs is 1. The Hall–Kier alpha value is -1.72. The molecule has 1 aliphatic heterocycles. The van der Waals surface area contributed by atoms with E-state index in [0.29, 0.717) is 0 Å². The van der Waals surface area contributed by atoms with E-state index >= 15 is 0 Å². The molecule has 0 aliphatic carbocycles. The summed E-state index contributed by atoms with van der Waals surface area (Å²) in [5, 5.41) is 0. The molecule has 3 aromatic rings. The number of rotatable bonds is 3. The largest absolute Gasteiger partial charge is 0.376 e. The first-order valence-corrected chi connectivity index (χ1v) is 8.12. The molecule has 5 heteroatoms. The summed E-state index contributed by atoms with van der Waals surface area (Å²) in [6.45, 7) is 3.83. The number of thiophene rings is 1. The maximum Gasteiger partial charge on any atom is 0.160 e. The Bertz CT molecular complexity index is 771. The molecule has 0 N–H and O–H groups in total. The van der Waals surface area contributed by atoms with Crippen molar-refractivity contribution in [1.29, 1.82) is 0 Å². The second kappa shape index (κ2) is 5.24. The minimum Gasteiger partial charge on any atom is -0.376 e. The van der Waals surface area contributed by atoms with Crippen LogP contribution in [0.4, 0.5) is 0 Å². The van der Waals surface area contributed by atoms with Gasteiger partial charge in [0.05, 0.1) is 17.5 Å². The van der Waals surface area contributed by atoms with Gasteiger partial charge in [0.1, 0.15) is 5.52 Å². The van der Waals surface area contributed by atoms with E-state index in [4.69, 9.17) is 9.72 Å². The summed E-state index contributed by atoms with van der Waals surface area (Å²) in [5.74, 6) is 1.01. The van der Waals surface area contributed by atoms with E-state index in [2.05, 4.69) is 28.6 Å². The molecule has 0 spiro atoms. The molecule has 21 heavy (non-hydrogen) atoms. The molecule has 1 aliphatic rings. The summed E-state index contributed by atoms with van der Waals surface area (Å²) < 4.78 is 8.02. The predicted octanol–water partition coefficient (Wildman–Crippen LogP) is 3.65. The molecule has 108 valence electrons. The number of pyridine rings is 1. The molecule has 0 bridgehead atoms. The van der Waals surface area contributed by atoms with Crippen molar-refractivity contribution in [2.45, 2.75) is 32.4 Å². The molecule has 0 radical (unpaired) electrons. The van der Waals surface area contributed by atoms with Gasteiger partial charge in [-0.25, -0.2) is 9.97 Å². The molecule has 4 heterocycles. The zero-order valence-corrected chi connectivity index (χ0v) is 12.8. The summed E-state index contributed by atoms with van der Waals surface area (Å²) in [5.41, 5.74) is 1.91. The Morgan fingerprint density at radius 2 is 2.33 bits per heavy atom. The SMILES string of the molecule is Cc1ccc(-c2nc3cccnc3n2CC2CCCO2)s1. The van der Waals surface area contributed by atoms with Crippen LogP contribution >= 0.6 is 11.3 Å². The van der Waals surface area contributed by atoms with Crippen molar-refractivity contribution in [3.63, 3.8) is 0 Å². The second-order valence-corrected chi connectivity index (χ2v) is 6.73. The highest BCUT2D eigenvalue weighted by Gasteiger charge is 2.21. The lowest BCUT2D eigenvalue weighted by molar-refractivity contribution is 0.0981. The van der Waals surface area contributed by atoms with Crippen LogP contribution < -0.4 is 0 Å². The molecule has 4 nitrogen and oxygen atoms in total. The van der Waals surface area contributed by atoms with Crippen molar-refractivity contribution in [3.05, 3.63) is 35.3 Å². The highest BCUT2D eigenvalue weighted by Crippen LogP contribution is 2.30. The van der Waals surface area contributed by atoms with Gasteiger partial charge in [-0.15, -0.1) is 11.3 Å². The summed E-state index contributed by atoms with van der Waals surface area (Å²) in [6, 6.07) is 8.25. The van der Waals surface area contributed by atoms with Gasteiger partial charge in [0, 0.05) is 17.7 Å². The number of hydrogen-bond acceptors (Lipinski definition) is 4. The molecule has 0 saturated carbocycles. The van der Waals surface area contributed by atoms with E-state index < -0.39 is 0 Å². The molecule has 1 saturated heterocycles. The molecular formula is C16H17N3OS. The summed E-state index contributed by atoms with van der Waals surface area (Å²) in [7, 11) is 0. The number of aryl methyl sites for hydroxylation is 1. The van der Waals surface area contributed by atoms with Crippen LogP contribution in [0.1, 0.15) is 17.7 Å². The predicted molar refractivity (Wildman–Crippen MR) is 84.6 cm³/mol. The molecule has 0 aromatic carbocycles. The number of ether oxygens (including phenoxy) is 1. The Labute approximate surface area is 127 Å². The van der Waals surface area contributed by atoms with Crippen LogP contribution in [0.2, 0.25) is 0 Å². The standard InChI is InChI=1S/C16H17N3OS/c1-11-6-7-14(21-11)16-18-13-5-2-8-17-15(13)19(16)10-12-4-3-9-20-12/h2,5-8,12H,3-4,9-10H2,1H3. The van der Waals surface area contributed by atoms with Crippen molar-refractivity contribution in [2.75, 3.05) is 6.61 Å². The van der Waals surface area contributed by atoms with E-state index in [0.717, 1.165) is 43.0 Å². The summed E-state index contributed by atoms with van der Waals surface area (Å²) in [4.78, 5) is 11.8. The Balaban J connectivity index is 1.84. The Morgan fingerprint density at radius 3 is 3.10 bits per heavy atom. The fourth-order valence-corrected chi connectivity index (χ4v) is 3.73. The van der Waals surface area contributed by atoms with Gasteiger partial charge in [-0.05, 0) is 44.0 Å². The van der Waals surface area contributed by atoms with Crippen LogP contribution in [0.3, 0.4) is 0 Å². The van der Waals surface area contributed by atoms with Gasteiger partial charge >= 0.3 is 0 Å². The van der Waals surface area contributed by atoms with Crippen LogP contribution in [0.25, 0.3) is 21.9 Å². The zero-order chi connectivity index (χ0) is 14.2. The quantitative estimate of drug-likeness (QED) is 0.741. The van der Waals surface area contributed by atoms with Crippen LogP contribution in [0.5, 0.6) is 0 Å². The average molecular weight is 299 g/mol. The molecule has 1 fully saturated rings. The molecule has 0 amide bonds. The first kappa shape index (κ1) is 13.0. The van der Waals surface area contributed by atoms with E-state index in [1.807, 2.05) is 18.3 Å². The fourth-order valence-electron chi connectivity index (χ4n) is 2.87. The maximum absolute atomic E-state index is 5.80. The monoisotopic (exact) mass is 299 g/mol. The molecule has 4 rings (SSSR count). The minimum atomic E-state index is 0.282. The van der Waals surface area contributed by atoms with E-state index in [9.17, 15) is 0 Å². The van der Waals surface area contributed by atoms with Gasteiger partial charge in [0.25, 0.3) is 0 Å². The Kier molecular flexibility index (Phi) is 3.24. The maximum atomic E-state index is 5.80. The van der Waals surface area contributed by atoms with Crippen molar-refractivity contribution >= 4 is 22.5 Å². The van der Waals surface area contributed by atoms with Gasteiger partial charge in [-0.2, -0.15) is 0 Å². The lowest BCUT2D eigenvalue weighted by Crippen LogP contribution is -2.15. The average Bonchev–Trinajstić information content (AvgIpc) is 3.20. The van der Waals surface area contributed by atoms with Crippen LogP contribution in [0, 0.1) is 6.92 Å². The number of hydrogen-bond donors (Lipinski definition) is 0. The highest BCUT2D eigenvalue weighted by molar-refractivity contribution is 7.15. The van der Waals surface area contributed by atoms with Gasteiger partial charge < -0.3 is 9.30 Å². The van der Waals surface area contributed by atoms with Crippen molar-refractivity contribution in [2.24, 2.45) is 0 Å². The number of nitrogens with zero attached hydrogens (tertiary/aromatic N) is 3. The minimum absolute atomic E-state index is 0.282. The topological polar surface area (TPSA) is 39.9 Å². The second-order valence-electron chi connectivity index (χ2n) is 5.44. The Morgan fingerprint density at radius 1 is 1.38 bits per heavy atom. The third kappa shape index (κ3) is 2.36. The fraction of sp³-hybridized carbons (Fsp3) is 0.375. The van der Waals surface area contributed by atoms with Gasteiger partial charge in [0.15, 0.2) is 11.5 Å². The van der Waals surface area contributed by atoms with Crippen LogP contribution in [0.15, 0.2) is 30.5 Å². The summed E-state index contributed by atoms with van der Waals surface area (Å²) in [6.07, 6.45) is 4.39. The summed E-state index contributed by atoms with van der Waals surface area (Å²) >= 11 is 1.78. The normalized spacial score (nSPS) is 18.6. The smallest absolute Gasteiger partial charge is 0.160 e.